The SMILES string of the molecule is O=S(=O)(Cl)CC(COC1COC1)c1ccccc1. The Labute approximate surface area is 111 Å². The molecule has 1 aromatic rings. The highest BCUT2D eigenvalue weighted by Crippen LogP contribution is 2.21. The number of ether oxygens (including phenoxy) is 2. The predicted molar refractivity (Wildman–Crippen MR) is 69.4 cm³/mol. The van der Waals surface area contributed by atoms with Crippen molar-refractivity contribution in [3.8, 4) is 0 Å². The highest BCUT2D eigenvalue weighted by molar-refractivity contribution is 8.13. The number of hydrogen-bond acceptors (Lipinski definition) is 4. The fourth-order valence-electron chi connectivity index (χ4n) is 1.77. The quantitative estimate of drug-likeness (QED) is 0.749. The van der Waals surface area contributed by atoms with Gasteiger partial charge in [0.05, 0.1) is 25.6 Å². The second-order valence-corrected chi connectivity index (χ2v) is 7.13. The largest absolute Gasteiger partial charge is 0.376 e. The molecule has 0 saturated carbocycles. The third-order valence-corrected chi connectivity index (χ3v) is 3.99. The first kappa shape index (κ1) is 13.8. The van der Waals surface area contributed by atoms with Crippen molar-refractivity contribution in [3.05, 3.63) is 35.9 Å². The van der Waals surface area contributed by atoms with Crippen LogP contribution in [0.15, 0.2) is 30.3 Å². The molecule has 1 aromatic carbocycles. The van der Waals surface area contributed by atoms with Crippen molar-refractivity contribution in [2.75, 3.05) is 25.6 Å². The molecule has 1 aliphatic heterocycles. The van der Waals surface area contributed by atoms with Crippen molar-refractivity contribution in [1.29, 1.82) is 0 Å². The third-order valence-electron chi connectivity index (χ3n) is 2.81. The van der Waals surface area contributed by atoms with E-state index in [4.69, 9.17) is 20.2 Å². The Kier molecular flexibility index (Phi) is 4.61. The fraction of sp³-hybridized carbons (Fsp3) is 0.500. The summed E-state index contributed by atoms with van der Waals surface area (Å²) in [4.78, 5) is 0. The Morgan fingerprint density at radius 1 is 1.33 bits per heavy atom. The maximum absolute atomic E-state index is 11.2. The van der Waals surface area contributed by atoms with Gasteiger partial charge in [-0.2, -0.15) is 0 Å². The van der Waals surface area contributed by atoms with E-state index in [-0.39, 0.29) is 17.8 Å². The molecule has 1 aliphatic rings. The molecule has 1 saturated heterocycles. The van der Waals surface area contributed by atoms with Crippen LogP contribution in [0.5, 0.6) is 0 Å². The minimum atomic E-state index is -3.55. The summed E-state index contributed by atoms with van der Waals surface area (Å²) in [7, 11) is 1.79. The van der Waals surface area contributed by atoms with Crippen LogP contribution in [0, 0.1) is 0 Å². The standard InChI is InChI=1S/C12H15ClO4S/c13-18(14,15)9-11(6-17-12-7-16-8-12)10-4-2-1-3-5-10/h1-5,11-12H,6-9H2. The lowest BCUT2D eigenvalue weighted by Gasteiger charge is -2.28. The van der Waals surface area contributed by atoms with Crippen molar-refractivity contribution < 1.29 is 17.9 Å². The molecule has 0 bridgehead atoms. The van der Waals surface area contributed by atoms with Crippen molar-refractivity contribution in [2.24, 2.45) is 0 Å². The zero-order valence-corrected chi connectivity index (χ0v) is 11.4. The second kappa shape index (κ2) is 6.02. The molecule has 0 N–H and O–H groups in total. The lowest BCUT2D eigenvalue weighted by Crippen LogP contribution is -2.37. The molecule has 2 rings (SSSR count). The van der Waals surface area contributed by atoms with E-state index in [1.807, 2.05) is 30.3 Å². The van der Waals surface area contributed by atoms with Crippen LogP contribution >= 0.6 is 10.7 Å². The van der Waals surface area contributed by atoms with Crippen LogP contribution in [0.2, 0.25) is 0 Å². The van der Waals surface area contributed by atoms with Crippen molar-refractivity contribution in [2.45, 2.75) is 12.0 Å². The highest BCUT2D eigenvalue weighted by Gasteiger charge is 2.24. The minimum absolute atomic E-state index is 0.0780. The molecule has 0 amide bonds. The average Bonchev–Trinajstić information content (AvgIpc) is 2.25. The monoisotopic (exact) mass is 290 g/mol. The molecule has 18 heavy (non-hydrogen) atoms. The van der Waals surface area contributed by atoms with Gasteiger partial charge in [0.1, 0.15) is 6.10 Å². The zero-order chi connectivity index (χ0) is 13.0. The summed E-state index contributed by atoms with van der Waals surface area (Å²) < 4.78 is 33.1. The molecule has 100 valence electrons. The van der Waals surface area contributed by atoms with Crippen LogP contribution < -0.4 is 0 Å². The molecule has 4 nitrogen and oxygen atoms in total. The first-order chi connectivity index (χ1) is 8.54. The summed E-state index contributed by atoms with van der Waals surface area (Å²) in [5.41, 5.74) is 0.918. The van der Waals surface area contributed by atoms with Gasteiger partial charge in [-0.25, -0.2) is 8.42 Å². The van der Waals surface area contributed by atoms with Gasteiger partial charge in [0.2, 0.25) is 9.05 Å². The Hall–Kier alpha value is -0.620. The molecule has 0 radical (unpaired) electrons. The van der Waals surface area contributed by atoms with Gasteiger partial charge in [0, 0.05) is 16.6 Å². The summed E-state index contributed by atoms with van der Waals surface area (Å²) >= 11 is 0. The van der Waals surface area contributed by atoms with Gasteiger partial charge in [0.25, 0.3) is 0 Å². The molecule has 0 spiro atoms. The van der Waals surface area contributed by atoms with Gasteiger partial charge < -0.3 is 9.47 Å². The van der Waals surface area contributed by atoms with Crippen LogP contribution in [0.25, 0.3) is 0 Å². The summed E-state index contributed by atoms with van der Waals surface area (Å²) in [6, 6.07) is 9.39. The predicted octanol–water partition coefficient (Wildman–Crippen LogP) is 1.75. The molecule has 6 heteroatoms. The molecular weight excluding hydrogens is 276 g/mol. The van der Waals surface area contributed by atoms with E-state index >= 15 is 0 Å². The Morgan fingerprint density at radius 3 is 2.50 bits per heavy atom. The fourth-order valence-corrected chi connectivity index (χ4v) is 2.99. The maximum Gasteiger partial charge on any atom is 0.233 e. The smallest absolute Gasteiger partial charge is 0.233 e. The Morgan fingerprint density at radius 2 is 2.00 bits per heavy atom. The first-order valence-electron chi connectivity index (χ1n) is 5.71. The lowest BCUT2D eigenvalue weighted by atomic mass is 10.0. The van der Waals surface area contributed by atoms with Crippen LogP contribution in [-0.2, 0) is 18.5 Å². The van der Waals surface area contributed by atoms with E-state index in [0.29, 0.717) is 19.8 Å². The van der Waals surface area contributed by atoms with Crippen molar-refractivity contribution in [3.63, 3.8) is 0 Å². The Balaban J connectivity index is 2.02. The second-order valence-electron chi connectivity index (χ2n) is 4.31. The summed E-state index contributed by atoms with van der Waals surface area (Å²) in [6.45, 7) is 1.49. The van der Waals surface area contributed by atoms with Crippen LogP contribution in [-0.4, -0.2) is 40.1 Å². The van der Waals surface area contributed by atoms with Crippen LogP contribution in [0.1, 0.15) is 11.5 Å². The van der Waals surface area contributed by atoms with Gasteiger partial charge in [-0.1, -0.05) is 30.3 Å². The summed E-state index contributed by atoms with van der Waals surface area (Å²) in [6.07, 6.45) is 0.0780. The first-order valence-corrected chi connectivity index (χ1v) is 8.19. The van der Waals surface area contributed by atoms with Crippen LogP contribution in [0.4, 0.5) is 0 Å². The van der Waals surface area contributed by atoms with Crippen LogP contribution in [0.3, 0.4) is 0 Å². The maximum atomic E-state index is 11.2. The minimum Gasteiger partial charge on any atom is -0.376 e. The summed E-state index contributed by atoms with van der Waals surface area (Å²) in [5, 5.41) is 0. The highest BCUT2D eigenvalue weighted by atomic mass is 35.7. The molecule has 1 fully saturated rings. The van der Waals surface area contributed by atoms with Crippen molar-refractivity contribution in [1.82, 2.24) is 0 Å². The normalized spacial score (nSPS) is 18.3. The number of benzene rings is 1. The Bertz CT molecular complexity index is 470. The lowest BCUT2D eigenvalue weighted by molar-refractivity contribution is -0.131. The molecule has 1 heterocycles. The molecule has 1 unspecified atom stereocenters. The van der Waals surface area contributed by atoms with Gasteiger partial charge >= 0.3 is 0 Å². The van der Waals surface area contributed by atoms with E-state index < -0.39 is 9.05 Å². The third kappa shape index (κ3) is 4.24. The molecule has 0 aromatic heterocycles. The van der Waals surface area contributed by atoms with E-state index in [9.17, 15) is 8.42 Å². The van der Waals surface area contributed by atoms with E-state index in [2.05, 4.69) is 0 Å². The number of halogens is 1. The van der Waals surface area contributed by atoms with Crippen molar-refractivity contribution >= 4 is 19.7 Å². The number of rotatable bonds is 6. The molecule has 1 atom stereocenters. The summed E-state index contributed by atoms with van der Waals surface area (Å²) in [5.74, 6) is -0.360. The van der Waals surface area contributed by atoms with Gasteiger partial charge in [-0.15, -0.1) is 0 Å². The van der Waals surface area contributed by atoms with Gasteiger partial charge in [-0.05, 0) is 5.56 Å². The topological polar surface area (TPSA) is 52.6 Å². The van der Waals surface area contributed by atoms with Gasteiger partial charge in [0.15, 0.2) is 0 Å². The molecular formula is C12H15ClO4S. The number of hydrogen-bond donors (Lipinski definition) is 0. The van der Waals surface area contributed by atoms with Gasteiger partial charge in [-0.3, -0.25) is 0 Å². The average molecular weight is 291 g/mol. The van der Waals surface area contributed by atoms with E-state index in [0.717, 1.165) is 5.56 Å². The zero-order valence-electron chi connectivity index (χ0n) is 9.79. The van der Waals surface area contributed by atoms with E-state index in [1.54, 1.807) is 0 Å². The van der Waals surface area contributed by atoms with E-state index in [1.165, 1.54) is 0 Å². The molecule has 0 aliphatic carbocycles.